The van der Waals surface area contributed by atoms with Crippen molar-refractivity contribution < 1.29 is 28.7 Å². The van der Waals surface area contributed by atoms with Gasteiger partial charge in [0, 0.05) is 30.1 Å². The molecular formula is C30H32FN3O5. The largest absolute Gasteiger partial charge is 0.389 e. The number of likely N-dealkylation sites (tertiary alicyclic amines) is 1. The van der Waals surface area contributed by atoms with Crippen molar-refractivity contribution in [1.29, 1.82) is 0 Å². The van der Waals surface area contributed by atoms with E-state index >= 15 is 4.39 Å². The summed E-state index contributed by atoms with van der Waals surface area (Å²) in [6.45, 7) is -0.0191. The van der Waals surface area contributed by atoms with Crippen molar-refractivity contribution in [3.05, 3.63) is 59.7 Å². The van der Waals surface area contributed by atoms with Crippen LogP contribution in [0.25, 0.3) is 11.1 Å². The predicted molar refractivity (Wildman–Crippen MR) is 140 cm³/mol. The van der Waals surface area contributed by atoms with Crippen molar-refractivity contribution in [3.8, 4) is 11.1 Å². The number of nitrogens with zero attached hydrogens (tertiary/aromatic N) is 1. The van der Waals surface area contributed by atoms with E-state index in [-0.39, 0.29) is 41.8 Å². The number of carbonyl (C=O) groups is 4. The van der Waals surface area contributed by atoms with Crippen LogP contribution in [-0.4, -0.2) is 65.3 Å². The lowest BCUT2D eigenvalue weighted by molar-refractivity contribution is -0.148. The Morgan fingerprint density at radius 3 is 2.33 bits per heavy atom. The van der Waals surface area contributed by atoms with E-state index in [0.717, 1.165) is 19.3 Å². The molecule has 2 heterocycles. The van der Waals surface area contributed by atoms with Crippen LogP contribution >= 0.6 is 0 Å². The topological polar surface area (TPSA) is 116 Å². The lowest BCUT2D eigenvalue weighted by Crippen LogP contribution is -2.56. The molecule has 6 rings (SSSR count). The number of rotatable bonds is 7. The Balaban J connectivity index is 1.32. The number of amides is 3. The van der Waals surface area contributed by atoms with Crippen LogP contribution in [0.1, 0.15) is 43.2 Å². The van der Waals surface area contributed by atoms with Crippen LogP contribution < -0.4 is 10.6 Å². The second-order valence-corrected chi connectivity index (χ2v) is 11.2. The van der Waals surface area contributed by atoms with Gasteiger partial charge >= 0.3 is 0 Å². The maximum Gasteiger partial charge on any atom is 0.270 e. The lowest BCUT2D eigenvalue weighted by atomic mass is 9.90. The average molecular weight is 534 g/mol. The van der Waals surface area contributed by atoms with E-state index in [9.17, 15) is 24.3 Å². The number of benzene rings is 2. The molecule has 39 heavy (non-hydrogen) atoms. The van der Waals surface area contributed by atoms with E-state index in [4.69, 9.17) is 0 Å². The average Bonchev–Trinajstić information content (AvgIpc) is 3.71. The van der Waals surface area contributed by atoms with Gasteiger partial charge in [-0.05, 0) is 48.6 Å². The summed E-state index contributed by atoms with van der Waals surface area (Å²) in [6.07, 6.45) is 3.08. The molecule has 3 fully saturated rings. The molecule has 0 radical (unpaired) electrons. The molecular weight excluding hydrogens is 501 g/mol. The van der Waals surface area contributed by atoms with Crippen molar-refractivity contribution in [2.45, 2.75) is 49.9 Å². The fourth-order valence-corrected chi connectivity index (χ4v) is 7.25. The highest BCUT2D eigenvalue weighted by Gasteiger charge is 2.58. The molecule has 2 aromatic rings. The smallest absolute Gasteiger partial charge is 0.270 e. The molecule has 2 saturated heterocycles. The molecule has 8 nitrogen and oxygen atoms in total. The minimum atomic E-state index is -2.44. The van der Waals surface area contributed by atoms with Gasteiger partial charge in [-0.15, -0.1) is 0 Å². The number of carbonyl (C=O) groups excluding carboxylic acids is 4. The van der Waals surface area contributed by atoms with E-state index in [1.54, 1.807) is 36.4 Å². The minimum Gasteiger partial charge on any atom is -0.389 e. The van der Waals surface area contributed by atoms with Gasteiger partial charge in [0.2, 0.25) is 17.5 Å². The Labute approximate surface area is 225 Å². The molecule has 1 saturated carbocycles. The van der Waals surface area contributed by atoms with Crippen molar-refractivity contribution in [1.82, 2.24) is 15.5 Å². The quantitative estimate of drug-likeness (QED) is 0.504. The van der Waals surface area contributed by atoms with Gasteiger partial charge in [-0.3, -0.25) is 19.2 Å². The highest BCUT2D eigenvalue weighted by Crippen LogP contribution is 2.52. The van der Waals surface area contributed by atoms with Crippen molar-refractivity contribution >= 4 is 23.5 Å². The third-order valence-electron chi connectivity index (χ3n) is 9.15. The Kier molecular flexibility index (Phi) is 6.49. The Morgan fingerprint density at radius 1 is 1.05 bits per heavy atom. The summed E-state index contributed by atoms with van der Waals surface area (Å²) < 4.78 is 17.3. The number of fused-ring (bicyclic) bond motifs is 4. The molecule has 2 aliphatic heterocycles. The summed E-state index contributed by atoms with van der Waals surface area (Å²) in [5.41, 5.74) is -0.575. The Bertz CT molecular complexity index is 1300. The number of alkyl halides is 1. The van der Waals surface area contributed by atoms with Crippen LogP contribution in [0.5, 0.6) is 0 Å². The molecule has 0 bridgehead atoms. The molecule has 2 aliphatic carbocycles. The molecule has 2 aromatic carbocycles. The molecule has 204 valence electrons. The molecule has 0 aromatic heterocycles. The second kappa shape index (κ2) is 9.86. The van der Waals surface area contributed by atoms with E-state index in [1.807, 2.05) is 12.1 Å². The van der Waals surface area contributed by atoms with Crippen LogP contribution in [0.2, 0.25) is 0 Å². The fraction of sp³-hybridized carbons (Fsp3) is 0.467. The van der Waals surface area contributed by atoms with Crippen LogP contribution in [0.3, 0.4) is 0 Å². The molecule has 0 spiro atoms. The summed E-state index contributed by atoms with van der Waals surface area (Å²) in [5.74, 6) is -2.63. The highest BCUT2D eigenvalue weighted by atomic mass is 19.1. The zero-order valence-electron chi connectivity index (χ0n) is 21.6. The number of hydrogen-bond donors (Lipinski definition) is 3. The normalized spacial score (nSPS) is 26.9. The third kappa shape index (κ3) is 4.06. The molecule has 3 amide bonds. The first-order valence-corrected chi connectivity index (χ1v) is 13.8. The molecule has 4 aliphatic rings. The first kappa shape index (κ1) is 25.7. The Morgan fingerprint density at radius 2 is 1.72 bits per heavy atom. The van der Waals surface area contributed by atoms with Gasteiger partial charge in [0.25, 0.3) is 5.91 Å². The Hall–Kier alpha value is -3.59. The number of aliphatic hydroxyl groups is 1. The maximum atomic E-state index is 17.3. The first-order chi connectivity index (χ1) is 18.8. The van der Waals surface area contributed by atoms with Gasteiger partial charge < -0.3 is 20.6 Å². The molecule has 0 unspecified atom stereocenters. The van der Waals surface area contributed by atoms with Gasteiger partial charge in [0.1, 0.15) is 12.6 Å². The van der Waals surface area contributed by atoms with Crippen LogP contribution in [0.15, 0.2) is 48.5 Å². The maximum absolute atomic E-state index is 17.3. The summed E-state index contributed by atoms with van der Waals surface area (Å²) in [7, 11) is 0. The third-order valence-corrected chi connectivity index (χ3v) is 9.15. The number of halogens is 1. The van der Waals surface area contributed by atoms with Gasteiger partial charge in [0.05, 0.1) is 6.04 Å². The lowest BCUT2D eigenvalue weighted by Gasteiger charge is -2.33. The minimum absolute atomic E-state index is 0.0628. The fourth-order valence-electron chi connectivity index (χ4n) is 7.25. The summed E-state index contributed by atoms with van der Waals surface area (Å²) in [4.78, 5) is 54.2. The van der Waals surface area contributed by atoms with Gasteiger partial charge in [-0.2, -0.15) is 0 Å². The highest BCUT2D eigenvalue weighted by molar-refractivity contribution is 6.01. The number of hydrogen-bond acceptors (Lipinski definition) is 5. The SMILES string of the molecule is O=C1NCC[C@@H]1C[C@@H](NC(=O)[C@@H]1[C@H]2CCC[C@H]2CN1C(=O)C1(F)c2ccccc2-c2ccccc21)C(=O)CO. The van der Waals surface area contributed by atoms with Crippen LogP contribution in [-0.2, 0) is 24.8 Å². The number of Topliss-reactive ketones (excluding diaryl/α,β-unsaturated/α-hetero) is 1. The zero-order chi connectivity index (χ0) is 27.3. The summed E-state index contributed by atoms with van der Waals surface area (Å²) in [6, 6.07) is 11.9. The second-order valence-electron chi connectivity index (χ2n) is 11.2. The number of ketones is 1. The van der Waals surface area contributed by atoms with Gasteiger partial charge in [0.15, 0.2) is 5.78 Å². The summed E-state index contributed by atoms with van der Waals surface area (Å²) in [5, 5.41) is 15.0. The van der Waals surface area contributed by atoms with Crippen LogP contribution in [0, 0.1) is 17.8 Å². The van der Waals surface area contributed by atoms with E-state index in [2.05, 4.69) is 10.6 Å². The van der Waals surface area contributed by atoms with E-state index in [1.165, 1.54) is 4.90 Å². The molecule has 9 heteroatoms. The monoisotopic (exact) mass is 533 g/mol. The van der Waals surface area contributed by atoms with Crippen molar-refractivity contribution in [2.75, 3.05) is 19.7 Å². The molecule has 3 N–H and O–H groups in total. The van der Waals surface area contributed by atoms with E-state index < -0.39 is 47.9 Å². The standard InChI is InChI=1S/C30H32FN3O5/c31-30(22-10-3-1-7-20(22)21-8-2-4-11-23(21)30)29(39)34-15-18-6-5-9-19(18)26(34)28(38)33-24(25(36)16-35)14-17-12-13-32-27(17)37/h1-4,7-8,10-11,17-19,24,26,35H,5-6,9,12-16H2,(H,32,37)(H,33,38)/t17-,18+,19+,24-,26+/m1/s1. The number of aliphatic hydroxyl groups excluding tert-OH is 1. The van der Waals surface area contributed by atoms with Gasteiger partial charge in [-0.1, -0.05) is 55.0 Å². The predicted octanol–water partition coefficient (Wildman–Crippen LogP) is 2.08. The zero-order valence-corrected chi connectivity index (χ0v) is 21.6. The van der Waals surface area contributed by atoms with Crippen LogP contribution in [0.4, 0.5) is 4.39 Å². The molecule has 5 atom stereocenters. The number of nitrogens with one attached hydrogen (secondary N) is 2. The first-order valence-electron chi connectivity index (χ1n) is 13.8. The van der Waals surface area contributed by atoms with E-state index in [0.29, 0.717) is 24.1 Å². The van der Waals surface area contributed by atoms with Gasteiger partial charge in [-0.25, -0.2) is 4.39 Å². The van der Waals surface area contributed by atoms with Crippen molar-refractivity contribution in [2.24, 2.45) is 17.8 Å². The summed E-state index contributed by atoms with van der Waals surface area (Å²) >= 11 is 0. The van der Waals surface area contributed by atoms with Crippen molar-refractivity contribution in [3.63, 3.8) is 0 Å².